The molecule has 1 aromatic carbocycles. The molecule has 4 nitrogen and oxygen atoms in total. The molecule has 2 aromatic heterocycles. The Morgan fingerprint density at radius 1 is 1.13 bits per heavy atom. The van der Waals surface area contributed by atoms with Crippen LogP contribution < -0.4 is 10.3 Å². The van der Waals surface area contributed by atoms with Crippen LogP contribution in [0.1, 0.15) is 25.3 Å². The summed E-state index contributed by atoms with van der Waals surface area (Å²) in [6.45, 7) is 2.12. The first-order valence-electron chi connectivity index (χ1n) is 7.87. The van der Waals surface area contributed by atoms with Gasteiger partial charge in [0.05, 0.1) is 7.11 Å². The van der Waals surface area contributed by atoms with Gasteiger partial charge in [-0.1, -0.05) is 25.5 Å². The summed E-state index contributed by atoms with van der Waals surface area (Å²) in [7, 11) is 1.65. The number of aryl methyl sites for hydroxylation is 1. The number of benzene rings is 1. The minimum Gasteiger partial charge on any atom is -0.497 e. The van der Waals surface area contributed by atoms with Gasteiger partial charge in [0.25, 0.3) is 5.56 Å². The molecule has 0 atom stereocenters. The number of pyridine rings is 1. The van der Waals surface area contributed by atoms with Crippen molar-refractivity contribution in [2.24, 2.45) is 0 Å². The molecule has 0 aliphatic rings. The Morgan fingerprint density at radius 3 is 2.61 bits per heavy atom. The SMILES string of the molecule is CCCCc1cnc2cc(-c3ccc(OC)cc3)ccn2c1=O. The van der Waals surface area contributed by atoms with Crippen LogP contribution in [-0.2, 0) is 6.42 Å². The molecule has 0 aliphatic carbocycles. The lowest BCUT2D eigenvalue weighted by Gasteiger charge is -2.07. The number of methoxy groups -OCH3 is 1. The van der Waals surface area contributed by atoms with E-state index in [4.69, 9.17) is 4.74 Å². The zero-order chi connectivity index (χ0) is 16.2. The van der Waals surface area contributed by atoms with Gasteiger partial charge < -0.3 is 4.74 Å². The summed E-state index contributed by atoms with van der Waals surface area (Å²) in [6, 6.07) is 11.7. The smallest absolute Gasteiger partial charge is 0.261 e. The Hall–Kier alpha value is -2.62. The largest absolute Gasteiger partial charge is 0.497 e. The summed E-state index contributed by atoms with van der Waals surface area (Å²) in [5.74, 6) is 0.824. The molecule has 4 heteroatoms. The van der Waals surface area contributed by atoms with Crippen molar-refractivity contribution in [1.82, 2.24) is 9.38 Å². The van der Waals surface area contributed by atoms with E-state index >= 15 is 0 Å². The highest BCUT2D eigenvalue weighted by Gasteiger charge is 2.06. The van der Waals surface area contributed by atoms with Crippen molar-refractivity contribution in [2.45, 2.75) is 26.2 Å². The number of aromatic nitrogens is 2. The molecule has 0 saturated carbocycles. The average Bonchev–Trinajstić information content (AvgIpc) is 2.61. The topological polar surface area (TPSA) is 43.6 Å². The number of hydrogen-bond donors (Lipinski definition) is 0. The van der Waals surface area contributed by atoms with Crippen LogP contribution in [0.5, 0.6) is 5.75 Å². The van der Waals surface area contributed by atoms with E-state index in [0.29, 0.717) is 5.65 Å². The Bertz CT molecular complexity index is 867. The average molecular weight is 308 g/mol. The van der Waals surface area contributed by atoms with Gasteiger partial charge in [-0.3, -0.25) is 9.20 Å². The van der Waals surface area contributed by atoms with Crippen LogP contribution in [0.15, 0.2) is 53.6 Å². The van der Waals surface area contributed by atoms with Crippen molar-refractivity contribution in [1.29, 1.82) is 0 Å². The third-order valence-electron chi connectivity index (χ3n) is 4.00. The zero-order valence-corrected chi connectivity index (χ0v) is 13.5. The van der Waals surface area contributed by atoms with E-state index in [2.05, 4.69) is 11.9 Å². The molecule has 0 fully saturated rings. The van der Waals surface area contributed by atoms with Crippen molar-refractivity contribution in [2.75, 3.05) is 7.11 Å². The van der Waals surface area contributed by atoms with E-state index in [1.807, 2.05) is 36.4 Å². The predicted octanol–water partition coefficient (Wildman–Crippen LogP) is 3.71. The molecule has 0 spiro atoms. The first-order chi connectivity index (χ1) is 11.2. The molecule has 3 rings (SSSR count). The van der Waals surface area contributed by atoms with Gasteiger partial charge in [0.15, 0.2) is 0 Å². The number of ether oxygens (including phenoxy) is 1. The van der Waals surface area contributed by atoms with Gasteiger partial charge in [0, 0.05) is 18.0 Å². The summed E-state index contributed by atoms with van der Waals surface area (Å²) < 4.78 is 6.80. The molecule has 0 aliphatic heterocycles. The Morgan fingerprint density at radius 2 is 1.91 bits per heavy atom. The zero-order valence-electron chi connectivity index (χ0n) is 13.5. The van der Waals surface area contributed by atoms with E-state index < -0.39 is 0 Å². The molecular weight excluding hydrogens is 288 g/mol. The van der Waals surface area contributed by atoms with Crippen molar-refractivity contribution in [3.63, 3.8) is 0 Å². The molecule has 0 radical (unpaired) electrons. The third kappa shape index (κ3) is 3.11. The molecule has 2 heterocycles. The van der Waals surface area contributed by atoms with Gasteiger partial charge in [-0.05, 0) is 48.2 Å². The maximum atomic E-state index is 12.5. The summed E-state index contributed by atoms with van der Waals surface area (Å²) in [5, 5.41) is 0. The predicted molar refractivity (Wildman–Crippen MR) is 92.1 cm³/mol. The minimum absolute atomic E-state index is 0.0322. The highest BCUT2D eigenvalue weighted by molar-refractivity contribution is 5.67. The van der Waals surface area contributed by atoms with E-state index in [0.717, 1.165) is 41.7 Å². The normalized spacial score (nSPS) is 10.9. The second-order valence-electron chi connectivity index (χ2n) is 5.56. The molecule has 0 bridgehead atoms. The van der Waals surface area contributed by atoms with Crippen LogP contribution in [0.4, 0.5) is 0 Å². The van der Waals surface area contributed by atoms with Crippen LogP contribution in [0.3, 0.4) is 0 Å². The fourth-order valence-corrected chi connectivity index (χ4v) is 2.61. The van der Waals surface area contributed by atoms with Crippen LogP contribution in [0.25, 0.3) is 16.8 Å². The molecule has 3 aromatic rings. The second-order valence-corrected chi connectivity index (χ2v) is 5.56. The maximum Gasteiger partial charge on any atom is 0.261 e. The van der Waals surface area contributed by atoms with Crippen LogP contribution >= 0.6 is 0 Å². The van der Waals surface area contributed by atoms with Crippen molar-refractivity contribution < 1.29 is 4.74 Å². The Balaban J connectivity index is 2.00. The van der Waals surface area contributed by atoms with E-state index in [9.17, 15) is 4.79 Å². The number of unbranched alkanes of at least 4 members (excludes halogenated alkanes) is 1. The lowest BCUT2D eigenvalue weighted by atomic mass is 10.1. The number of rotatable bonds is 5. The fourth-order valence-electron chi connectivity index (χ4n) is 2.61. The number of hydrogen-bond acceptors (Lipinski definition) is 3. The van der Waals surface area contributed by atoms with Crippen molar-refractivity contribution in [3.8, 4) is 16.9 Å². The van der Waals surface area contributed by atoms with Crippen molar-refractivity contribution in [3.05, 3.63) is 64.7 Å². The number of nitrogens with zero attached hydrogens (tertiary/aromatic N) is 2. The number of fused-ring (bicyclic) bond motifs is 1. The fraction of sp³-hybridized carbons (Fsp3) is 0.263. The molecule has 23 heavy (non-hydrogen) atoms. The highest BCUT2D eigenvalue weighted by atomic mass is 16.5. The monoisotopic (exact) mass is 308 g/mol. The van der Waals surface area contributed by atoms with Gasteiger partial charge in [0.2, 0.25) is 0 Å². The quantitative estimate of drug-likeness (QED) is 0.721. The summed E-state index contributed by atoms with van der Waals surface area (Å²) in [4.78, 5) is 16.9. The molecular formula is C19H20N2O2. The molecule has 0 N–H and O–H groups in total. The first kappa shape index (κ1) is 15.3. The highest BCUT2D eigenvalue weighted by Crippen LogP contribution is 2.22. The standard InChI is InChI=1S/C19H20N2O2/c1-3-4-5-16-13-20-18-12-15(10-11-21(18)19(16)22)14-6-8-17(23-2)9-7-14/h6-13H,3-5H2,1-2H3. The molecule has 118 valence electrons. The maximum absolute atomic E-state index is 12.5. The molecule has 0 saturated heterocycles. The van der Waals surface area contributed by atoms with Crippen LogP contribution in [0.2, 0.25) is 0 Å². The van der Waals surface area contributed by atoms with Crippen LogP contribution in [-0.4, -0.2) is 16.5 Å². The first-order valence-corrected chi connectivity index (χ1v) is 7.87. The molecule has 0 amide bonds. The van der Waals surface area contributed by atoms with Crippen LogP contribution in [0, 0.1) is 0 Å². The Kier molecular flexibility index (Phi) is 4.42. The van der Waals surface area contributed by atoms with Gasteiger partial charge in [-0.25, -0.2) is 4.98 Å². The van der Waals surface area contributed by atoms with Crippen molar-refractivity contribution >= 4 is 5.65 Å². The van der Waals surface area contributed by atoms with Gasteiger partial charge in [-0.2, -0.15) is 0 Å². The second kappa shape index (κ2) is 6.65. The minimum atomic E-state index is 0.0322. The molecule has 0 unspecified atom stereocenters. The lowest BCUT2D eigenvalue weighted by Crippen LogP contribution is -2.19. The van der Waals surface area contributed by atoms with E-state index in [1.165, 1.54) is 0 Å². The summed E-state index contributed by atoms with van der Waals surface area (Å²) >= 11 is 0. The van der Waals surface area contributed by atoms with Gasteiger partial charge in [-0.15, -0.1) is 0 Å². The van der Waals surface area contributed by atoms with E-state index in [-0.39, 0.29) is 5.56 Å². The third-order valence-corrected chi connectivity index (χ3v) is 4.00. The van der Waals surface area contributed by atoms with E-state index in [1.54, 1.807) is 23.9 Å². The lowest BCUT2D eigenvalue weighted by molar-refractivity contribution is 0.415. The summed E-state index contributed by atoms with van der Waals surface area (Å²) in [6.07, 6.45) is 6.38. The summed E-state index contributed by atoms with van der Waals surface area (Å²) in [5.41, 5.74) is 3.58. The van der Waals surface area contributed by atoms with Gasteiger partial charge >= 0.3 is 0 Å². The van der Waals surface area contributed by atoms with Gasteiger partial charge in [0.1, 0.15) is 11.4 Å². The Labute approximate surface area is 135 Å².